The molecule has 0 aromatic heterocycles. The van der Waals surface area contributed by atoms with Gasteiger partial charge in [0.05, 0.1) is 24.3 Å². The fourth-order valence-corrected chi connectivity index (χ4v) is 4.82. The first kappa shape index (κ1) is 25.0. The highest BCUT2D eigenvalue weighted by Gasteiger charge is 2.65. The van der Waals surface area contributed by atoms with Gasteiger partial charge in [-0.15, -0.1) is 0 Å². The minimum Gasteiger partial charge on any atom is -0.352 e. The van der Waals surface area contributed by atoms with Gasteiger partial charge in [0.15, 0.2) is 6.29 Å². The topological polar surface area (TPSA) is 18.5 Å². The molecule has 1 fully saturated rings. The van der Waals surface area contributed by atoms with Gasteiger partial charge < -0.3 is 9.47 Å². The van der Waals surface area contributed by atoms with Gasteiger partial charge in [-0.2, -0.15) is 17.6 Å². The van der Waals surface area contributed by atoms with Crippen LogP contribution in [0.3, 0.4) is 0 Å². The summed E-state index contributed by atoms with van der Waals surface area (Å²) in [5.74, 6) is -13.3. The zero-order valence-corrected chi connectivity index (χ0v) is 19.2. The fourth-order valence-electron chi connectivity index (χ4n) is 4.82. The molecule has 0 spiro atoms. The standard InChI is InChI=1S/C26H28F6O2/c1-3-5-6-8-20-33-13-16(14-34-20)17-11-12-19-18-10-9-15(7-4-2)23(27)21(18)25(29,30)26(31,32)22(19)24(17)28/h9-12,16,20H,3-8,13-14H2,1-2H3. The van der Waals surface area contributed by atoms with Crippen LogP contribution < -0.4 is 0 Å². The van der Waals surface area contributed by atoms with Crippen molar-refractivity contribution < 1.29 is 35.8 Å². The van der Waals surface area contributed by atoms with E-state index in [1.54, 1.807) is 6.92 Å². The van der Waals surface area contributed by atoms with Crippen LogP contribution in [0, 0.1) is 11.6 Å². The van der Waals surface area contributed by atoms with Crippen molar-refractivity contribution in [3.63, 3.8) is 0 Å². The fraction of sp³-hybridized carbons (Fsp3) is 0.538. The Bertz CT molecular complexity index is 1040. The molecule has 0 bridgehead atoms. The molecule has 0 radical (unpaired) electrons. The molecule has 186 valence electrons. The van der Waals surface area contributed by atoms with E-state index in [4.69, 9.17) is 9.47 Å². The lowest BCUT2D eigenvalue weighted by molar-refractivity contribution is -0.228. The van der Waals surface area contributed by atoms with Crippen LogP contribution in [0.15, 0.2) is 24.3 Å². The largest absolute Gasteiger partial charge is 0.352 e. The van der Waals surface area contributed by atoms with Crippen LogP contribution in [0.25, 0.3) is 11.1 Å². The number of unbranched alkanes of at least 4 members (excludes halogenated alkanes) is 2. The van der Waals surface area contributed by atoms with Crippen LogP contribution in [0.5, 0.6) is 0 Å². The molecule has 2 aromatic rings. The Labute approximate surface area is 195 Å². The molecule has 1 heterocycles. The second-order valence-corrected chi connectivity index (χ2v) is 9.04. The molecule has 1 aliphatic carbocycles. The van der Waals surface area contributed by atoms with E-state index in [0.29, 0.717) is 12.8 Å². The number of fused-ring (bicyclic) bond motifs is 3. The number of halogens is 6. The van der Waals surface area contributed by atoms with Crippen molar-refractivity contribution in [2.75, 3.05) is 13.2 Å². The second kappa shape index (κ2) is 9.53. The number of hydrogen-bond donors (Lipinski definition) is 0. The van der Waals surface area contributed by atoms with Gasteiger partial charge in [0, 0.05) is 5.92 Å². The number of rotatable bonds is 7. The smallest absolute Gasteiger partial charge is 0.343 e. The lowest BCUT2D eigenvalue weighted by Crippen LogP contribution is -2.41. The Morgan fingerprint density at radius 3 is 1.97 bits per heavy atom. The molecule has 2 aromatic carbocycles. The van der Waals surface area contributed by atoms with Crippen molar-refractivity contribution in [3.05, 3.63) is 58.2 Å². The molecule has 1 aliphatic heterocycles. The van der Waals surface area contributed by atoms with E-state index in [9.17, 15) is 4.39 Å². The van der Waals surface area contributed by atoms with Crippen LogP contribution in [-0.2, 0) is 27.7 Å². The summed E-state index contributed by atoms with van der Waals surface area (Å²) in [7, 11) is 0. The van der Waals surface area contributed by atoms with E-state index < -0.39 is 57.9 Å². The number of alkyl halides is 4. The lowest BCUT2D eigenvalue weighted by atomic mass is 9.77. The van der Waals surface area contributed by atoms with Crippen molar-refractivity contribution in [2.45, 2.75) is 76.4 Å². The molecule has 0 N–H and O–H groups in total. The van der Waals surface area contributed by atoms with E-state index in [-0.39, 0.29) is 30.8 Å². The second-order valence-electron chi connectivity index (χ2n) is 9.04. The van der Waals surface area contributed by atoms with Crippen molar-refractivity contribution in [3.8, 4) is 11.1 Å². The Balaban J connectivity index is 1.72. The Hall–Kier alpha value is -2.06. The van der Waals surface area contributed by atoms with E-state index in [1.807, 2.05) is 0 Å². The minimum absolute atomic E-state index is 0.0278. The first-order chi connectivity index (χ1) is 16.1. The molecule has 4 rings (SSSR count). The zero-order valence-electron chi connectivity index (χ0n) is 19.2. The summed E-state index contributed by atoms with van der Waals surface area (Å²) in [4.78, 5) is 0. The van der Waals surface area contributed by atoms with E-state index in [2.05, 4.69) is 6.92 Å². The van der Waals surface area contributed by atoms with Crippen LogP contribution in [0.4, 0.5) is 26.3 Å². The summed E-state index contributed by atoms with van der Waals surface area (Å²) in [6, 6.07) is 4.93. The third-order valence-electron chi connectivity index (χ3n) is 6.68. The summed E-state index contributed by atoms with van der Waals surface area (Å²) >= 11 is 0. The van der Waals surface area contributed by atoms with Gasteiger partial charge in [-0.1, -0.05) is 57.4 Å². The van der Waals surface area contributed by atoms with Gasteiger partial charge in [-0.05, 0) is 41.5 Å². The molecule has 2 aliphatic rings. The van der Waals surface area contributed by atoms with E-state index in [0.717, 1.165) is 19.3 Å². The predicted octanol–water partition coefficient (Wildman–Crippen LogP) is 7.82. The maximum atomic E-state index is 15.5. The van der Waals surface area contributed by atoms with Gasteiger partial charge in [0.25, 0.3) is 0 Å². The van der Waals surface area contributed by atoms with Crippen molar-refractivity contribution >= 4 is 0 Å². The van der Waals surface area contributed by atoms with Gasteiger partial charge in [0.2, 0.25) is 0 Å². The first-order valence-electron chi connectivity index (χ1n) is 11.8. The summed E-state index contributed by atoms with van der Waals surface area (Å²) in [6.45, 7) is 3.84. The number of hydrogen-bond acceptors (Lipinski definition) is 2. The number of benzene rings is 2. The summed E-state index contributed by atoms with van der Waals surface area (Å²) in [5.41, 5.74) is -3.86. The Morgan fingerprint density at radius 2 is 1.38 bits per heavy atom. The maximum Gasteiger partial charge on any atom is 0.343 e. The summed E-state index contributed by atoms with van der Waals surface area (Å²) in [5, 5.41) is 0. The molecule has 1 saturated heterocycles. The van der Waals surface area contributed by atoms with Gasteiger partial charge >= 0.3 is 11.8 Å². The molecule has 0 unspecified atom stereocenters. The summed E-state index contributed by atoms with van der Waals surface area (Å²) < 4.78 is 102. The van der Waals surface area contributed by atoms with Gasteiger partial charge in [0.1, 0.15) is 11.6 Å². The monoisotopic (exact) mass is 486 g/mol. The highest BCUT2D eigenvalue weighted by atomic mass is 19.3. The van der Waals surface area contributed by atoms with Crippen LogP contribution in [0.2, 0.25) is 0 Å². The van der Waals surface area contributed by atoms with Crippen LogP contribution >= 0.6 is 0 Å². The van der Waals surface area contributed by atoms with Crippen LogP contribution in [-0.4, -0.2) is 19.5 Å². The maximum absolute atomic E-state index is 15.5. The van der Waals surface area contributed by atoms with Crippen molar-refractivity contribution in [2.24, 2.45) is 0 Å². The zero-order chi connectivity index (χ0) is 24.7. The molecule has 0 amide bonds. The third kappa shape index (κ3) is 4.02. The third-order valence-corrected chi connectivity index (χ3v) is 6.68. The SMILES string of the molecule is CCCCCC1OCC(c2ccc3c(c2F)C(F)(F)C(F)(F)c2c-3ccc(CCC)c2F)CO1. The molecular weight excluding hydrogens is 458 g/mol. The molecule has 0 atom stereocenters. The normalized spacial score (nSPS) is 22.8. The highest BCUT2D eigenvalue weighted by Crippen LogP contribution is 2.59. The quantitative estimate of drug-likeness (QED) is 0.293. The van der Waals surface area contributed by atoms with E-state index >= 15 is 22.0 Å². The predicted molar refractivity (Wildman–Crippen MR) is 116 cm³/mol. The summed E-state index contributed by atoms with van der Waals surface area (Å²) in [6.07, 6.45) is 3.73. The molecule has 0 saturated carbocycles. The first-order valence-corrected chi connectivity index (χ1v) is 11.8. The minimum atomic E-state index is -4.93. The Kier molecular flexibility index (Phi) is 7.02. The molecule has 8 heteroatoms. The van der Waals surface area contributed by atoms with Crippen LogP contribution in [0.1, 0.15) is 74.1 Å². The number of ether oxygens (including phenoxy) is 2. The molecule has 2 nitrogen and oxygen atoms in total. The van der Waals surface area contributed by atoms with Crippen molar-refractivity contribution in [1.29, 1.82) is 0 Å². The average Bonchev–Trinajstić information content (AvgIpc) is 2.80. The average molecular weight is 486 g/mol. The van der Waals surface area contributed by atoms with E-state index in [1.165, 1.54) is 24.3 Å². The van der Waals surface area contributed by atoms with Gasteiger partial charge in [-0.3, -0.25) is 0 Å². The molecule has 34 heavy (non-hydrogen) atoms. The highest BCUT2D eigenvalue weighted by molar-refractivity contribution is 5.77. The lowest BCUT2D eigenvalue weighted by Gasteiger charge is -2.37. The molecular formula is C26H28F6O2. The Morgan fingerprint density at radius 1 is 0.794 bits per heavy atom. The van der Waals surface area contributed by atoms with Gasteiger partial charge in [-0.25, -0.2) is 8.78 Å². The van der Waals surface area contributed by atoms with Crippen molar-refractivity contribution in [1.82, 2.24) is 0 Å². The number of aryl methyl sites for hydroxylation is 1.